The maximum absolute atomic E-state index is 12.2. The standard InChI is InChI=1S/C16H20BrN5O.ClH/c1-22-16(20-15(21-22)12-6-8-18-9-7-12)19-14(23)10-11-2-4-13(17)5-3-11;/h2-5,12,18H,6-10H2,1H3,(H,19,20,21,23);1H. The lowest BCUT2D eigenvalue weighted by Crippen LogP contribution is -2.27. The summed E-state index contributed by atoms with van der Waals surface area (Å²) in [6, 6.07) is 7.72. The topological polar surface area (TPSA) is 71.8 Å². The summed E-state index contributed by atoms with van der Waals surface area (Å²) in [6.45, 7) is 1.99. The predicted molar refractivity (Wildman–Crippen MR) is 99.6 cm³/mol. The van der Waals surface area contributed by atoms with Crippen LogP contribution in [0.4, 0.5) is 5.95 Å². The number of benzene rings is 1. The summed E-state index contributed by atoms with van der Waals surface area (Å²) in [5.41, 5.74) is 0.964. The first-order chi connectivity index (χ1) is 11.1. The molecule has 0 saturated carbocycles. The van der Waals surface area contributed by atoms with Crippen LogP contribution in [0.5, 0.6) is 0 Å². The Labute approximate surface area is 156 Å². The molecule has 0 unspecified atom stereocenters. The summed E-state index contributed by atoms with van der Waals surface area (Å²) in [5.74, 6) is 1.63. The summed E-state index contributed by atoms with van der Waals surface area (Å²) in [5, 5.41) is 10.7. The van der Waals surface area contributed by atoms with Crippen molar-refractivity contribution in [3.05, 3.63) is 40.1 Å². The second-order valence-corrected chi connectivity index (χ2v) is 6.71. The Kier molecular flexibility index (Phi) is 6.77. The number of aryl methyl sites for hydroxylation is 1. The van der Waals surface area contributed by atoms with Crippen molar-refractivity contribution in [1.29, 1.82) is 0 Å². The number of nitrogens with zero attached hydrogens (tertiary/aromatic N) is 3. The Morgan fingerprint density at radius 2 is 2.00 bits per heavy atom. The Balaban J connectivity index is 0.00000208. The normalized spacial score (nSPS) is 14.9. The second-order valence-electron chi connectivity index (χ2n) is 5.79. The van der Waals surface area contributed by atoms with E-state index in [2.05, 4.69) is 36.6 Å². The molecule has 0 bridgehead atoms. The number of halogens is 2. The zero-order valence-electron chi connectivity index (χ0n) is 13.5. The fraction of sp³-hybridized carbons (Fsp3) is 0.438. The van der Waals surface area contributed by atoms with E-state index in [9.17, 15) is 4.79 Å². The van der Waals surface area contributed by atoms with E-state index in [-0.39, 0.29) is 18.3 Å². The maximum atomic E-state index is 12.2. The van der Waals surface area contributed by atoms with Crippen LogP contribution in [0.1, 0.15) is 30.1 Å². The van der Waals surface area contributed by atoms with Crippen molar-refractivity contribution in [3.8, 4) is 0 Å². The van der Waals surface area contributed by atoms with Gasteiger partial charge in [0.25, 0.3) is 0 Å². The minimum absolute atomic E-state index is 0. The van der Waals surface area contributed by atoms with Gasteiger partial charge in [-0.1, -0.05) is 28.1 Å². The fourth-order valence-electron chi connectivity index (χ4n) is 2.72. The van der Waals surface area contributed by atoms with E-state index in [1.807, 2.05) is 31.3 Å². The first-order valence-electron chi connectivity index (χ1n) is 7.78. The number of rotatable bonds is 4. The van der Waals surface area contributed by atoms with E-state index in [4.69, 9.17) is 0 Å². The van der Waals surface area contributed by atoms with Crippen LogP contribution in [0.2, 0.25) is 0 Å². The van der Waals surface area contributed by atoms with Crippen molar-refractivity contribution >= 4 is 40.2 Å². The van der Waals surface area contributed by atoms with Crippen LogP contribution in [0, 0.1) is 0 Å². The molecule has 0 spiro atoms. The molecule has 1 aliphatic rings. The minimum Gasteiger partial charge on any atom is -0.317 e. The number of amides is 1. The molecule has 1 aromatic heterocycles. The van der Waals surface area contributed by atoms with Gasteiger partial charge in [-0.25, -0.2) is 4.68 Å². The van der Waals surface area contributed by atoms with Gasteiger partial charge < -0.3 is 5.32 Å². The highest BCUT2D eigenvalue weighted by molar-refractivity contribution is 9.10. The minimum atomic E-state index is -0.0836. The number of anilines is 1. The molecule has 2 aromatic rings. The highest BCUT2D eigenvalue weighted by Gasteiger charge is 2.21. The largest absolute Gasteiger partial charge is 0.317 e. The molecule has 8 heteroatoms. The summed E-state index contributed by atoms with van der Waals surface area (Å²) >= 11 is 3.39. The van der Waals surface area contributed by atoms with Crippen LogP contribution >= 0.6 is 28.3 Å². The van der Waals surface area contributed by atoms with Gasteiger partial charge in [0.2, 0.25) is 11.9 Å². The molecule has 0 radical (unpaired) electrons. The van der Waals surface area contributed by atoms with Gasteiger partial charge in [0, 0.05) is 17.4 Å². The third kappa shape index (κ3) is 4.78. The van der Waals surface area contributed by atoms with Gasteiger partial charge in [-0.05, 0) is 43.6 Å². The summed E-state index contributed by atoms with van der Waals surface area (Å²) in [7, 11) is 1.81. The first-order valence-corrected chi connectivity index (χ1v) is 8.57. The molecule has 1 aromatic carbocycles. The lowest BCUT2D eigenvalue weighted by molar-refractivity contribution is -0.115. The van der Waals surface area contributed by atoms with E-state index >= 15 is 0 Å². The quantitative estimate of drug-likeness (QED) is 0.807. The number of carbonyl (C=O) groups is 1. The molecule has 1 saturated heterocycles. The van der Waals surface area contributed by atoms with Crippen LogP contribution in [-0.4, -0.2) is 33.8 Å². The second kappa shape index (κ2) is 8.60. The molecule has 1 fully saturated rings. The van der Waals surface area contributed by atoms with Gasteiger partial charge in [0.1, 0.15) is 0 Å². The first kappa shape index (κ1) is 18.9. The van der Waals surface area contributed by atoms with Gasteiger partial charge >= 0.3 is 0 Å². The van der Waals surface area contributed by atoms with E-state index in [1.54, 1.807) is 4.68 Å². The van der Waals surface area contributed by atoms with Gasteiger partial charge in [-0.2, -0.15) is 10.1 Å². The highest BCUT2D eigenvalue weighted by Crippen LogP contribution is 2.23. The molecule has 6 nitrogen and oxygen atoms in total. The van der Waals surface area contributed by atoms with Crippen molar-refractivity contribution in [2.75, 3.05) is 18.4 Å². The number of piperidine rings is 1. The third-order valence-electron chi connectivity index (χ3n) is 4.01. The van der Waals surface area contributed by atoms with Crippen molar-refractivity contribution < 1.29 is 4.79 Å². The zero-order valence-corrected chi connectivity index (χ0v) is 15.9. The van der Waals surface area contributed by atoms with E-state index in [1.165, 1.54) is 0 Å². The molecule has 1 aliphatic heterocycles. The SMILES string of the molecule is Cl.Cn1nc(C2CCNCC2)nc1NC(=O)Cc1ccc(Br)cc1. The highest BCUT2D eigenvalue weighted by atomic mass is 79.9. The van der Waals surface area contributed by atoms with E-state index in [0.29, 0.717) is 18.3 Å². The van der Waals surface area contributed by atoms with E-state index in [0.717, 1.165) is 41.8 Å². The molecule has 3 rings (SSSR count). The average molecular weight is 415 g/mol. The van der Waals surface area contributed by atoms with Gasteiger partial charge in [-0.3, -0.25) is 10.1 Å². The molecular weight excluding hydrogens is 394 g/mol. The molecule has 24 heavy (non-hydrogen) atoms. The molecule has 130 valence electrons. The summed E-state index contributed by atoms with van der Waals surface area (Å²) < 4.78 is 2.65. The lowest BCUT2D eigenvalue weighted by atomic mass is 9.98. The molecule has 0 atom stereocenters. The Morgan fingerprint density at radius 1 is 1.33 bits per heavy atom. The van der Waals surface area contributed by atoms with Gasteiger partial charge in [-0.15, -0.1) is 12.4 Å². The van der Waals surface area contributed by atoms with Gasteiger partial charge in [0.05, 0.1) is 6.42 Å². The van der Waals surface area contributed by atoms with Crippen molar-refractivity contribution in [2.24, 2.45) is 7.05 Å². The molecule has 0 aliphatic carbocycles. The smallest absolute Gasteiger partial charge is 0.231 e. The van der Waals surface area contributed by atoms with Gasteiger partial charge in [0.15, 0.2) is 5.82 Å². The van der Waals surface area contributed by atoms with E-state index < -0.39 is 0 Å². The van der Waals surface area contributed by atoms with Crippen LogP contribution in [0.15, 0.2) is 28.7 Å². The summed E-state index contributed by atoms with van der Waals surface area (Å²) in [6.07, 6.45) is 2.40. The average Bonchev–Trinajstić information content (AvgIpc) is 2.91. The number of carbonyl (C=O) groups excluding carboxylic acids is 1. The Hall–Kier alpha value is -1.44. The van der Waals surface area contributed by atoms with Crippen molar-refractivity contribution in [3.63, 3.8) is 0 Å². The Bertz CT molecular complexity index is 682. The van der Waals surface area contributed by atoms with Crippen LogP contribution in [0.25, 0.3) is 0 Å². The number of nitrogens with one attached hydrogen (secondary N) is 2. The fourth-order valence-corrected chi connectivity index (χ4v) is 2.99. The molecular formula is C16H21BrClN5O. The number of hydrogen-bond acceptors (Lipinski definition) is 4. The monoisotopic (exact) mass is 413 g/mol. The maximum Gasteiger partial charge on any atom is 0.231 e. The number of hydrogen-bond donors (Lipinski definition) is 2. The summed E-state index contributed by atoms with van der Waals surface area (Å²) in [4.78, 5) is 16.7. The zero-order chi connectivity index (χ0) is 16.2. The molecule has 2 heterocycles. The predicted octanol–water partition coefficient (Wildman–Crippen LogP) is 2.65. The van der Waals surface area contributed by atoms with Crippen LogP contribution in [-0.2, 0) is 18.3 Å². The number of aromatic nitrogens is 3. The van der Waals surface area contributed by atoms with Crippen LogP contribution < -0.4 is 10.6 Å². The van der Waals surface area contributed by atoms with Crippen molar-refractivity contribution in [1.82, 2.24) is 20.1 Å². The van der Waals surface area contributed by atoms with Crippen LogP contribution in [0.3, 0.4) is 0 Å². The molecule has 2 N–H and O–H groups in total. The molecule has 1 amide bonds. The third-order valence-corrected chi connectivity index (χ3v) is 4.54. The van der Waals surface area contributed by atoms with Crippen molar-refractivity contribution in [2.45, 2.75) is 25.2 Å². The Morgan fingerprint density at radius 3 is 2.67 bits per heavy atom. The lowest BCUT2D eigenvalue weighted by Gasteiger charge is -2.19.